The maximum Gasteiger partial charge on any atom is 0.243 e. The maximum atomic E-state index is 12.9. The normalized spacial score (nSPS) is 35.6. The Morgan fingerprint density at radius 1 is 1.10 bits per heavy atom. The first-order valence-electron chi connectivity index (χ1n) is 7.94. The fourth-order valence-electron chi connectivity index (χ4n) is 3.95. The zero-order chi connectivity index (χ0) is 15.4. The summed E-state index contributed by atoms with van der Waals surface area (Å²) < 4.78 is 27.6. The van der Waals surface area contributed by atoms with Gasteiger partial charge in [0.25, 0.3) is 0 Å². The Bertz CT molecular complexity index is 621. The van der Waals surface area contributed by atoms with Crippen LogP contribution in [-0.2, 0) is 10.0 Å². The summed E-state index contributed by atoms with van der Waals surface area (Å²) in [5.41, 5.74) is 1.09. The molecule has 1 aromatic carbocycles. The molecule has 5 atom stereocenters. The third-order valence-electron chi connectivity index (χ3n) is 5.28. The molecule has 2 fully saturated rings. The molecule has 21 heavy (non-hydrogen) atoms. The predicted octanol–water partition coefficient (Wildman–Crippen LogP) is 3.44. The molecule has 3 nitrogen and oxygen atoms in total. The lowest BCUT2D eigenvalue weighted by atomic mass is 9.78. The zero-order valence-corrected chi connectivity index (χ0v) is 14.1. The van der Waals surface area contributed by atoms with Crippen LogP contribution < -0.4 is 0 Å². The van der Waals surface area contributed by atoms with Gasteiger partial charge in [-0.3, -0.25) is 0 Å². The van der Waals surface area contributed by atoms with E-state index in [1.807, 2.05) is 19.1 Å². The molecule has 0 radical (unpaired) electrons. The number of benzene rings is 1. The van der Waals surface area contributed by atoms with E-state index in [1.165, 1.54) is 0 Å². The van der Waals surface area contributed by atoms with Crippen LogP contribution in [0.4, 0.5) is 0 Å². The van der Waals surface area contributed by atoms with Gasteiger partial charge in [0.2, 0.25) is 10.0 Å². The third-order valence-corrected chi connectivity index (χ3v) is 7.19. The molecular formula is C17H25NO2S. The van der Waals surface area contributed by atoms with Crippen LogP contribution in [0, 0.1) is 24.7 Å². The number of fused-ring (bicyclic) bond motifs is 1. The Balaban J connectivity index is 1.92. The molecule has 4 heteroatoms. The fourth-order valence-corrected chi connectivity index (χ4v) is 5.88. The largest absolute Gasteiger partial charge is 0.243 e. The molecule has 1 saturated heterocycles. The molecular weight excluding hydrogens is 282 g/mol. The molecule has 0 bridgehead atoms. The number of hydrogen-bond donors (Lipinski definition) is 0. The SMILES string of the molecule is Cc1ccc(S(=O)(=O)N2[C@@H]3[C@H]2[C@H](C(C)C)CC[C@H]3C)cc1. The monoisotopic (exact) mass is 307 g/mol. The Morgan fingerprint density at radius 3 is 2.29 bits per heavy atom. The van der Waals surface area contributed by atoms with Crippen molar-refractivity contribution in [3.05, 3.63) is 29.8 Å². The van der Waals surface area contributed by atoms with Gasteiger partial charge >= 0.3 is 0 Å². The van der Waals surface area contributed by atoms with Crippen LogP contribution in [0.25, 0.3) is 0 Å². The van der Waals surface area contributed by atoms with Crippen LogP contribution in [0.1, 0.15) is 39.2 Å². The first-order chi connectivity index (χ1) is 9.84. The van der Waals surface area contributed by atoms with Crippen LogP contribution in [0.15, 0.2) is 29.2 Å². The van der Waals surface area contributed by atoms with E-state index in [1.54, 1.807) is 16.4 Å². The minimum atomic E-state index is -3.33. The van der Waals surface area contributed by atoms with E-state index in [4.69, 9.17) is 0 Å². The van der Waals surface area contributed by atoms with Gasteiger partial charge in [0.05, 0.1) is 4.90 Å². The Morgan fingerprint density at radius 2 is 1.71 bits per heavy atom. The zero-order valence-electron chi connectivity index (χ0n) is 13.3. The standard InChI is InChI=1S/C17H25NO2S/c1-11(2)15-10-7-13(4)16-17(15)18(16)21(19,20)14-8-5-12(3)6-9-14/h5-6,8-9,11,13,15-17H,7,10H2,1-4H3/t13-,15+,16+,17-,18?/m1/s1. The summed E-state index contributed by atoms with van der Waals surface area (Å²) in [6.07, 6.45) is 2.30. The average molecular weight is 307 g/mol. The van der Waals surface area contributed by atoms with Gasteiger partial charge in [0.15, 0.2) is 0 Å². The van der Waals surface area contributed by atoms with Gasteiger partial charge in [-0.15, -0.1) is 0 Å². The number of sulfonamides is 1. The molecule has 1 aliphatic heterocycles. The van der Waals surface area contributed by atoms with E-state index in [2.05, 4.69) is 20.8 Å². The van der Waals surface area contributed by atoms with Gasteiger partial charge in [-0.05, 0) is 49.7 Å². The molecule has 0 aromatic heterocycles. The van der Waals surface area contributed by atoms with Crippen LogP contribution in [0.2, 0.25) is 0 Å². The summed E-state index contributed by atoms with van der Waals surface area (Å²) in [4.78, 5) is 0.442. The summed E-state index contributed by atoms with van der Waals surface area (Å²) in [6.45, 7) is 8.60. The van der Waals surface area contributed by atoms with Crippen molar-refractivity contribution >= 4 is 10.0 Å². The van der Waals surface area contributed by atoms with E-state index in [0.29, 0.717) is 22.6 Å². The van der Waals surface area contributed by atoms with Crippen molar-refractivity contribution in [3.63, 3.8) is 0 Å². The predicted molar refractivity (Wildman–Crippen MR) is 84.5 cm³/mol. The Hall–Kier alpha value is -0.870. The van der Waals surface area contributed by atoms with Gasteiger partial charge in [0, 0.05) is 12.1 Å². The van der Waals surface area contributed by atoms with Crippen LogP contribution >= 0.6 is 0 Å². The van der Waals surface area contributed by atoms with E-state index >= 15 is 0 Å². The first kappa shape index (κ1) is 15.0. The maximum absolute atomic E-state index is 12.9. The highest BCUT2D eigenvalue weighted by Crippen LogP contribution is 2.52. The topological polar surface area (TPSA) is 37.1 Å². The van der Waals surface area contributed by atoms with Gasteiger partial charge in [-0.25, -0.2) is 8.42 Å². The molecule has 1 heterocycles. The lowest BCUT2D eigenvalue weighted by Crippen LogP contribution is -2.26. The van der Waals surface area contributed by atoms with Gasteiger partial charge in [0.1, 0.15) is 0 Å². The molecule has 0 amide bonds. The number of aryl methyl sites for hydroxylation is 1. The highest BCUT2D eigenvalue weighted by Gasteiger charge is 2.62. The Kier molecular flexibility index (Phi) is 3.65. The summed E-state index contributed by atoms with van der Waals surface area (Å²) in [6, 6.07) is 7.68. The van der Waals surface area contributed by atoms with Crippen molar-refractivity contribution < 1.29 is 8.42 Å². The molecule has 3 rings (SSSR count). The van der Waals surface area contributed by atoms with E-state index in [-0.39, 0.29) is 12.1 Å². The lowest BCUT2D eigenvalue weighted by molar-refractivity contribution is 0.274. The van der Waals surface area contributed by atoms with Crippen molar-refractivity contribution in [2.75, 3.05) is 0 Å². The van der Waals surface area contributed by atoms with Crippen LogP contribution in [0.5, 0.6) is 0 Å². The number of nitrogens with zero attached hydrogens (tertiary/aromatic N) is 1. The smallest absolute Gasteiger partial charge is 0.207 e. The fraction of sp³-hybridized carbons (Fsp3) is 0.647. The molecule has 1 unspecified atom stereocenters. The van der Waals surface area contributed by atoms with Crippen LogP contribution in [-0.4, -0.2) is 24.8 Å². The van der Waals surface area contributed by atoms with E-state index in [0.717, 1.165) is 18.4 Å². The molecule has 1 aromatic rings. The molecule has 0 N–H and O–H groups in total. The summed E-state index contributed by atoms with van der Waals surface area (Å²) >= 11 is 0. The van der Waals surface area contributed by atoms with E-state index < -0.39 is 10.0 Å². The quantitative estimate of drug-likeness (QED) is 0.802. The first-order valence-corrected chi connectivity index (χ1v) is 9.38. The summed E-state index contributed by atoms with van der Waals surface area (Å²) in [5, 5.41) is 0. The van der Waals surface area contributed by atoms with E-state index in [9.17, 15) is 8.42 Å². The molecule has 116 valence electrons. The van der Waals surface area contributed by atoms with Crippen molar-refractivity contribution in [1.29, 1.82) is 0 Å². The highest BCUT2D eigenvalue weighted by atomic mass is 32.2. The van der Waals surface area contributed by atoms with Crippen molar-refractivity contribution in [3.8, 4) is 0 Å². The molecule has 1 aliphatic carbocycles. The summed E-state index contributed by atoms with van der Waals surface area (Å²) in [7, 11) is -3.33. The number of hydrogen-bond acceptors (Lipinski definition) is 2. The average Bonchev–Trinajstić information content (AvgIpc) is 3.16. The van der Waals surface area contributed by atoms with Gasteiger partial charge in [-0.2, -0.15) is 4.31 Å². The second kappa shape index (κ2) is 5.10. The molecule has 0 spiro atoms. The molecule has 2 aliphatic rings. The highest BCUT2D eigenvalue weighted by molar-refractivity contribution is 7.89. The van der Waals surface area contributed by atoms with Gasteiger partial charge in [-0.1, -0.05) is 38.5 Å². The van der Waals surface area contributed by atoms with Gasteiger partial charge < -0.3 is 0 Å². The number of rotatable bonds is 3. The van der Waals surface area contributed by atoms with Crippen molar-refractivity contribution in [1.82, 2.24) is 4.31 Å². The van der Waals surface area contributed by atoms with Crippen molar-refractivity contribution in [2.45, 2.75) is 57.5 Å². The van der Waals surface area contributed by atoms with Crippen molar-refractivity contribution in [2.24, 2.45) is 17.8 Å². The third kappa shape index (κ3) is 2.42. The summed E-state index contributed by atoms with van der Waals surface area (Å²) in [5.74, 6) is 1.53. The second-order valence-corrected chi connectivity index (χ2v) is 8.93. The minimum absolute atomic E-state index is 0.220. The Labute approximate surface area is 128 Å². The second-order valence-electron chi connectivity index (χ2n) is 7.09. The molecule has 1 saturated carbocycles. The van der Waals surface area contributed by atoms with Crippen LogP contribution in [0.3, 0.4) is 0 Å². The lowest BCUT2D eigenvalue weighted by Gasteiger charge is -2.26. The minimum Gasteiger partial charge on any atom is -0.207 e.